The number of amides is 7. The number of rotatable bonds is 53. The van der Waals surface area contributed by atoms with Crippen LogP contribution in [-0.2, 0) is 140 Å². The number of carbonyl (C=O) groups is 8. The molecule has 4 aliphatic rings. The normalized spacial score (nSPS) is 16.7. The number of imide groups is 1. The molecule has 6 heterocycles. The van der Waals surface area contributed by atoms with Gasteiger partial charge in [0.25, 0.3) is 5.56 Å². The van der Waals surface area contributed by atoms with Gasteiger partial charge in [0.2, 0.25) is 35.4 Å². The first-order valence-electron chi connectivity index (χ1n) is 39.9. The number of aromatic nitrogens is 5. The number of pyridine rings is 2. The third-order valence-corrected chi connectivity index (χ3v) is 21.6. The monoisotopic (exact) mass is 1660 g/mol. The average Bonchev–Trinajstić information content (AvgIpc) is 1.55. The molecule has 3 aliphatic heterocycles. The summed E-state index contributed by atoms with van der Waals surface area (Å²) in [4.78, 5) is 125. The van der Waals surface area contributed by atoms with Crippen molar-refractivity contribution in [3.63, 3.8) is 0 Å². The lowest BCUT2D eigenvalue weighted by atomic mass is 9.81. The van der Waals surface area contributed by atoms with Gasteiger partial charge in [0.15, 0.2) is 0 Å². The summed E-state index contributed by atoms with van der Waals surface area (Å²) < 4.78 is 105. The summed E-state index contributed by atoms with van der Waals surface area (Å²) >= 11 is 0. The first-order valence-corrected chi connectivity index (χ1v) is 42.0. The zero-order valence-corrected chi connectivity index (χ0v) is 68.8. The minimum Gasteiger partial charge on any atom is -0.490 e. The largest absolute Gasteiger partial charge is 0.490 e. The molecule has 2 aromatic carbocycles. The average molecular weight is 1660 g/mol. The fraction of sp³-hybridized carbons (Fsp3) is 0.605. The second kappa shape index (κ2) is 45.2. The second-order valence-electron chi connectivity index (χ2n) is 29.7. The van der Waals surface area contributed by atoms with Gasteiger partial charge in [-0.3, -0.25) is 48.2 Å². The molecule has 36 heteroatoms. The van der Waals surface area contributed by atoms with E-state index in [1.54, 1.807) is 66.5 Å². The number of halogens is 1. The molecular formula is C81H112FN11O23S. The number of aryl methyl sites for hydroxylation is 1. The highest BCUT2D eigenvalue weighted by Gasteiger charge is 2.43. The number of aliphatic hydroxyl groups is 1. The zero-order chi connectivity index (χ0) is 84.2. The molecule has 0 spiro atoms. The molecular weight excluding hydrogens is 1550 g/mol. The molecule has 5 N–H and O–H groups in total. The van der Waals surface area contributed by atoms with Crippen LogP contribution in [0, 0.1) is 30.5 Å². The molecule has 5 atom stereocenters. The minimum atomic E-state index is -3.58. The highest BCUT2D eigenvalue weighted by Crippen LogP contribution is 2.47. The van der Waals surface area contributed by atoms with Gasteiger partial charge in [-0.1, -0.05) is 58.0 Å². The van der Waals surface area contributed by atoms with Gasteiger partial charge in [0.1, 0.15) is 71.1 Å². The lowest BCUT2D eigenvalue weighted by Gasteiger charge is -2.35. The van der Waals surface area contributed by atoms with Gasteiger partial charge in [-0.05, 0) is 92.3 Å². The number of anilines is 1. The van der Waals surface area contributed by atoms with Crippen LogP contribution in [0.5, 0.6) is 0 Å². The van der Waals surface area contributed by atoms with Crippen molar-refractivity contribution in [3.8, 4) is 11.4 Å². The van der Waals surface area contributed by atoms with Crippen molar-refractivity contribution >= 4 is 73.7 Å². The fourth-order valence-corrected chi connectivity index (χ4v) is 14.5. The van der Waals surface area contributed by atoms with Crippen LogP contribution in [0.1, 0.15) is 143 Å². The third kappa shape index (κ3) is 26.7. The Bertz CT molecular complexity index is 4450. The number of nitrogens with one attached hydrogen (secondary N) is 4. The number of nitrogens with zero attached hydrogens (tertiary/aromatic N) is 7. The Kier molecular flexibility index (Phi) is 35.5. The van der Waals surface area contributed by atoms with E-state index in [0.717, 1.165) is 23.1 Å². The van der Waals surface area contributed by atoms with Gasteiger partial charge in [-0.25, -0.2) is 27.3 Å². The van der Waals surface area contributed by atoms with Crippen LogP contribution in [0.2, 0.25) is 0 Å². The molecule has 1 fully saturated rings. The molecule has 1 aliphatic carbocycles. The van der Waals surface area contributed by atoms with Gasteiger partial charge in [0.05, 0.1) is 166 Å². The standard InChI is InChI=1S/C81H112FN11O23S/c1-9-81(103)56(7)115-49-64-65(81)43-69-75-63(47-93(69)79(64)101)74-67(19-18-61-54(5)66(82)44-68(87-75)73(61)74)86-71(96)50-114-51-90(23-40-117(8,104)105)80(102)116-48-57-14-16-58(17-15-57)85-76(98)55(6)84-77(99)62(52(2)3)42-60(94)20-24-106-26-28-108-30-32-110-34-36-112-38-39-113-37-35-111-33-31-109-29-27-107-25-22-91-46-59(88-89-91)45-83-70(95)13-11-10-12-21-92-72(97)41-53(4)78(92)100/h14-17,43-44,46,52-53,55,62,67,103H,7,9-13,18-42,45,47-51H2,1-6,8H3,(H,83,95)(H,84,99)(H,85,98)(H,86,96)/t53?,55-,62-,67-,81+/m0/s1. The summed E-state index contributed by atoms with van der Waals surface area (Å²) in [5.74, 6) is -4.05. The molecule has 1 unspecified atom stereocenters. The van der Waals surface area contributed by atoms with Crippen molar-refractivity contribution in [2.75, 3.05) is 149 Å². The van der Waals surface area contributed by atoms with E-state index in [9.17, 15) is 56.7 Å². The fourth-order valence-electron chi connectivity index (χ4n) is 13.9. The summed E-state index contributed by atoms with van der Waals surface area (Å²) in [6.07, 6.45) is 5.48. The number of carbonyl (C=O) groups excluding carboxylic acids is 8. The first kappa shape index (κ1) is 91.8. The smallest absolute Gasteiger partial charge is 0.411 e. The van der Waals surface area contributed by atoms with Gasteiger partial charge >= 0.3 is 6.09 Å². The van der Waals surface area contributed by atoms with E-state index in [1.165, 1.54) is 17.9 Å². The Morgan fingerprint density at radius 2 is 1.42 bits per heavy atom. The lowest BCUT2D eigenvalue weighted by Crippen LogP contribution is -2.45. The molecule has 117 heavy (non-hydrogen) atoms. The number of hydrogen-bond donors (Lipinski definition) is 5. The lowest BCUT2D eigenvalue weighted by molar-refractivity contribution is -0.139. The second-order valence-corrected chi connectivity index (χ2v) is 32.0. The van der Waals surface area contributed by atoms with E-state index in [4.69, 9.17) is 57.1 Å². The molecule has 9 rings (SSSR count). The molecule has 642 valence electrons. The van der Waals surface area contributed by atoms with Crippen molar-refractivity contribution in [2.45, 2.75) is 156 Å². The van der Waals surface area contributed by atoms with Crippen molar-refractivity contribution in [2.24, 2.45) is 17.8 Å². The van der Waals surface area contributed by atoms with Crippen LogP contribution < -0.4 is 26.8 Å². The molecule has 0 bridgehead atoms. The number of hydrogen-bond acceptors (Lipinski definition) is 26. The van der Waals surface area contributed by atoms with Gasteiger partial charge in [-0.2, -0.15) is 0 Å². The molecule has 1 saturated heterocycles. The summed E-state index contributed by atoms with van der Waals surface area (Å²) in [5.41, 5.74) is 3.75. The number of likely N-dealkylation sites (tertiary alicyclic amines) is 1. The molecule has 0 saturated carbocycles. The maximum absolute atomic E-state index is 15.5. The molecule has 0 radical (unpaired) electrons. The minimum absolute atomic E-state index is 0.0521. The number of benzene rings is 2. The van der Waals surface area contributed by atoms with E-state index < -0.39 is 82.2 Å². The van der Waals surface area contributed by atoms with E-state index in [-0.39, 0.29) is 131 Å². The first-order chi connectivity index (χ1) is 56.1. The maximum Gasteiger partial charge on any atom is 0.411 e. The van der Waals surface area contributed by atoms with E-state index in [1.807, 2.05) is 13.8 Å². The summed E-state index contributed by atoms with van der Waals surface area (Å²) in [5, 5.41) is 31.9. The molecule has 7 amide bonds. The highest BCUT2D eigenvalue weighted by molar-refractivity contribution is 7.90. The quantitative estimate of drug-likeness (QED) is 0.0183. The SMILES string of the molecule is C=C1OCc2c(cc3n(c2=O)Cc2c-3nc3cc(F)c(C)c4c3c2[C@@H](NC(=O)COCN(CCS(C)(=O)=O)C(=O)OCc2ccc(NC(=O)[C@H](C)NC(=O)[C@@H](CC(=O)CCOCCOCCOCCOCCOCCOCCOCCOCCn3cc(CNC(=O)CCCCCN5C(=O)CC(C)C5=O)nn3)C(C)C)cc2)CC4)[C@@]1(O)CC. The summed E-state index contributed by atoms with van der Waals surface area (Å²) in [7, 11) is -3.58. The summed E-state index contributed by atoms with van der Waals surface area (Å²) in [6.45, 7) is 19.5. The highest BCUT2D eigenvalue weighted by atomic mass is 32.2. The third-order valence-electron chi connectivity index (χ3n) is 20.7. The number of Topliss-reactive ketones (excluding diaryl/α,β-unsaturated/α-hetero) is 1. The Hall–Kier alpha value is -9.08. The van der Waals surface area contributed by atoms with Crippen LogP contribution in [0.15, 0.2) is 59.7 Å². The van der Waals surface area contributed by atoms with Crippen molar-refractivity contribution in [1.29, 1.82) is 0 Å². The number of ether oxygens (including phenoxy) is 11. The van der Waals surface area contributed by atoms with Crippen molar-refractivity contribution in [3.05, 3.63) is 116 Å². The topological polar surface area (TPSA) is 413 Å². The van der Waals surface area contributed by atoms with Gasteiger partial charge in [0, 0.05) is 85.1 Å². The van der Waals surface area contributed by atoms with E-state index >= 15 is 4.39 Å². The van der Waals surface area contributed by atoms with Gasteiger partial charge < -0.3 is 83.0 Å². The van der Waals surface area contributed by atoms with Gasteiger partial charge in [-0.15, -0.1) is 5.10 Å². The van der Waals surface area contributed by atoms with Crippen LogP contribution in [0.4, 0.5) is 14.9 Å². The van der Waals surface area contributed by atoms with Crippen LogP contribution >= 0.6 is 0 Å². The predicted molar refractivity (Wildman–Crippen MR) is 423 cm³/mol. The predicted octanol–water partition coefficient (Wildman–Crippen LogP) is 5.34. The Morgan fingerprint density at radius 1 is 0.786 bits per heavy atom. The maximum atomic E-state index is 15.5. The van der Waals surface area contributed by atoms with Crippen LogP contribution in [0.25, 0.3) is 22.3 Å². The Balaban J connectivity index is 0.562. The zero-order valence-electron chi connectivity index (χ0n) is 67.9. The van der Waals surface area contributed by atoms with E-state index in [2.05, 4.69) is 38.2 Å². The van der Waals surface area contributed by atoms with Crippen LogP contribution in [0.3, 0.4) is 0 Å². The number of ketones is 1. The summed E-state index contributed by atoms with van der Waals surface area (Å²) in [6, 6.07) is 7.73. The number of unbranched alkanes of at least 4 members (excludes halogenated alkanes) is 2. The van der Waals surface area contributed by atoms with Crippen LogP contribution in [-0.4, -0.2) is 245 Å². The van der Waals surface area contributed by atoms with Crippen molar-refractivity contribution < 1.29 is 108 Å². The molecule has 3 aromatic heterocycles. The number of sulfone groups is 1. The molecule has 5 aromatic rings. The molecule has 34 nitrogen and oxygen atoms in total. The number of fused-ring (bicyclic) bond motifs is 5. The van der Waals surface area contributed by atoms with Crippen molar-refractivity contribution in [1.82, 2.24) is 50.3 Å². The Morgan fingerprint density at radius 3 is 2.03 bits per heavy atom. The Labute approximate surface area is 680 Å². The van der Waals surface area contributed by atoms with E-state index in [0.29, 0.717) is 193 Å².